The van der Waals surface area contributed by atoms with E-state index in [1.165, 1.54) is 12.1 Å². The molecule has 0 N–H and O–H groups in total. The Bertz CT molecular complexity index is 1220. The van der Waals surface area contributed by atoms with Crippen LogP contribution in [0.2, 0.25) is 0 Å². The van der Waals surface area contributed by atoms with Gasteiger partial charge in [0.05, 0.1) is 6.04 Å². The van der Waals surface area contributed by atoms with Crippen molar-refractivity contribution in [1.82, 2.24) is 9.80 Å². The monoisotopic (exact) mass is 554 g/mol. The third-order valence-corrected chi connectivity index (χ3v) is 7.41. The summed E-state index contributed by atoms with van der Waals surface area (Å²) >= 11 is 3.36. The molecule has 0 unspecified atom stereocenters. The summed E-state index contributed by atoms with van der Waals surface area (Å²) in [5.74, 6) is -2.36. The predicted molar refractivity (Wildman–Crippen MR) is 117 cm³/mol. The van der Waals surface area contributed by atoms with Gasteiger partial charge in [-0.05, 0) is 54.7 Å². The summed E-state index contributed by atoms with van der Waals surface area (Å²) in [5, 5.41) is 0. The molecule has 6 nitrogen and oxygen atoms in total. The van der Waals surface area contributed by atoms with Crippen LogP contribution in [0.15, 0.2) is 46.9 Å². The molecule has 2 fully saturated rings. The molecule has 0 radical (unpaired) electrons. The molecule has 5 rings (SSSR count). The number of imide groups is 1. The summed E-state index contributed by atoms with van der Waals surface area (Å²) in [5.41, 5.74) is 0.0703. The Morgan fingerprint density at radius 1 is 1.11 bits per heavy atom. The van der Waals surface area contributed by atoms with Crippen molar-refractivity contribution in [1.29, 1.82) is 0 Å². The van der Waals surface area contributed by atoms with Gasteiger partial charge in [0.15, 0.2) is 0 Å². The number of hydrogen-bond donors (Lipinski definition) is 0. The molecule has 0 bridgehead atoms. The minimum atomic E-state index is -4.71. The molecule has 11 heteroatoms. The number of benzene rings is 2. The first-order valence-corrected chi connectivity index (χ1v) is 11.8. The number of carbonyl (C=O) groups excluding carboxylic acids is 3. The van der Waals surface area contributed by atoms with Gasteiger partial charge in [-0.3, -0.25) is 9.59 Å². The molecule has 1 aliphatic carbocycles. The standard InChI is InChI=1S/C24H19BrF4N2O4/c25-15-3-6-17-14(11-15)9-10-23(17)21(33)30(22(34)35-23)12-20(32)31-18(7-8-19(31)24(27,28)29)13-1-4-16(26)5-2-13/h1-6,11,18-19H,7-10,12H2/t18-,19+,23+/m0/s1. The molecule has 184 valence electrons. The lowest BCUT2D eigenvalue weighted by atomic mass is 9.95. The van der Waals surface area contributed by atoms with Crippen molar-refractivity contribution in [2.75, 3.05) is 6.54 Å². The Hall–Kier alpha value is -2.95. The first-order valence-electron chi connectivity index (χ1n) is 11.0. The molecule has 3 amide bonds. The molecule has 1 spiro atoms. The molecule has 2 aromatic carbocycles. The van der Waals surface area contributed by atoms with Gasteiger partial charge in [0.2, 0.25) is 11.5 Å². The van der Waals surface area contributed by atoms with Crippen molar-refractivity contribution >= 4 is 33.8 Å². The fraction of sp³-hybridized carbons (Fsp3) is 0.375. The highest BCUT2D eigenvalue weighted by Gasteiger charge is 2.59. The van der Waals surface area contributed by atoms with Crippen LogP contribution in [0, 0.1) is 5.82 Å². The molecule has 2 aliphatic heterocycles. The van der Waals surface area contributed by atoms with Gasteiger partial charge in [-0.25, -0.2) is 14.1 Å². The Balaban J connectivity index is 1.43. The van der Waals surface area contributed by atoms with Crippen LogP contribution in [-0.4, -0.2) is 46.5 Å². The van der Waals surface area contributed by atoms with E-state index < -0.39 is 54.1 Å². The number of nitrogens with zero attached hydrogens (tertiary/aromatic N) is 2. The number of halogens is 5. The lowest BCUT2D eigenvalue weighted by Gasteiger charge is -2.32. The average molecular weight is 555 g/mol. The van der Waals surface area contributed by atoms with Crippen LogP contribution in [-0.2, 0) is 26.3 Å². The average Bonchev–Trinajstić information content (AvgIpc) is 3.46. The second-order valence-electron chi connectivity index (χ2n) is 8.89. The first-order chi connectivity index (χ1) is 16.5. The Morgan fingerprint density at radius 3 is 2.51 bits per heavy atom. The van der Waals surface area contributed by atoms with Crippen LogP contribution in [0.1, 0.15) is 42.0 Å². The van der Waals surface area contributed by atoms with E-state index in [2.05, 4.69) is 15.9 Å². The van der Waals surface area contributed by atoms with Gasteiger partial charge in [0.25, 0.3) is 5.91 Å². The molecule has 0 saturated carbocycles. The van der Waals surface area contributed by atoms with E-state index in [0.717, 1.165) is 22.2 Å². The Labute approximate surface area is 205 Å². The number of rotatable bonds is 3. The number of alkyl halides is 3. The van der Waals surface area contributed by atoms with E-state index in [9.17, 15) is 31.9 Å². The van der Waals surface area contributed by atoms with Crippen LogP contribution in [0.4, 0.5) is 22.4 Å². The highest BCUT2D eigenvalue weighted by molar-refractivity contribution is 9.10. The van der Waals surface area contributed by atoms with Crippen LogP contribution < -0.4 is 0 Å². The molecule has 2 saturated heterocycles. The zero-order valence-corrected chi connectivity index (χ0v) is 19.7. The third kappa shape index (κ3) is 3.89. The van der Waals surface area contributed by atoms with Gasteiger partial charge in [-0.1, -0.05) is 34.1 Å². The molecule has 0 aromatic heterocycles. The molecular formula is C24H19BrF4N2O4. The van der Waals surface area contributed by atoms with Crippen molar-refractivity contribution in [2.24, 2.45) is 0 Å². The predicted octanol–water partition coefficient (Wildman–Crippen LogP) is 5.00. The first kappa shape index (κ1) is 23.8. The zero-order valence-electron chi connectivity index (χ0n) is 18.1. The number of likely N-dealkylation sites (tertiary alicyclic amines) is 1. The second-order valence-corrected chi connectivity index (χ2v) is 9.81. The largest absolute Gasteiger partial charge is 0.427 e. The number of ether oxygens (including phenoxy) is 1. The number of fused-ring (bicyclic) bond motifs is 2. The Morgan fingerprint density at radius 2 is 1.83 bits per heavy atom. The number of amides is 3. The van der Waals surface area contributed by atoms with E-state index in [4.69, 9.17) is 4.74 Å². The topological polar surface area (TPSA) is 66.9 Å². The summed E-state index contributed by atoms with van der Waals surface area (Å²) in [7, 11) is 0. The quantitative estimate of drug-likeness (QED) is 0.500. The SMILES string of the molecule is O=C1O[C@@]2(CCc3cc(Br)ccc32)C(=O)N1CC(=O)N1[C@H](c2ccc(F)cc2)CC[C@@H]1C(F)(F)F. The van der Waals surface area contributed by atoms with Gasteiger partial charge in [0, 0.05) is 16.5 Å². The van der Waals surface area contributed by atoms with Crippen LogP contribution >= 0.6 is 15.9 Å². The second kappa shape index (κ2) is 8.32. The van der Waals surface area contributed by atoms with Gasteiger partial charge < -0.3 is 9.64 Å². The van der Waals surface area contributed by atoms with Crippen molar-refractivity contribution in [2.45, 2.75) is 49.5 Å². The van der Waals surface area contributed by atoms with E-state index in [1.54, 1.807) is 12.1 Å². The highest BCUT2D eigenvalue weighted by Crippen LogP contribution is 2.47. The molecular weight excluding hydrogens is 536 g/mol. The van der Waals surface area contributed by atoms with Crippen molar-refractivity contribution < 1.29 is 36.7 Å². The maximum Gasteiger partial charge on any atom is 0.418 e. The molecule has 2 heterocycles. The minimum Gasteiger partial charge on any atom is -0.427 e. The lowest BCUT2D eigenvalue weighted by molar-refractivity contribution is -0.186. The fourth-order valence-corrected chi connectivity index (χ4v) is 5.74. The van der Waals surface area contributed by atoms with Gasteiger partial charge in [-0.15, -0.1) is 0 Å². The number of carbonyl (C=O) groups is 3. The smallest absolute Gasteiger partial charge is 0.418 e. The maximum absolute atomic E-state index is 13.8. The molecule has 35 heavy (non-hydrogen) atoms. The highest BCUT2D eigenvalue weighted by atomic mass is 79.9. The van der Waals surface area contributed by atoms with Crippen LogP contribution in [0.25, 0.3) is 0 Å². The summed E-state index contributed by atoms with van der Waals surface area (Å²) in [4.78, 5) is 40.5. The summed E-state index contributed by atoms with van der Waals surface area (Å²) < 4.78 is 61.0. The third-order valence-electron chi connectivity index (χ3n) is 6.92. The van der Waals surface area contributed by atoms with E-state index >= 15 is 0 Å². The van der Waals surface area contributed by atoms with Crippen molar-refractivity contribution in [3.63, 3.8) is 0 Å². The van der Waals surface area contributed by atoms with E-state index in [-0.39, 0.29) is 19.3 Å². The van der Waals surface area contributed by atoms with Gasteiger partial charge in [0.1, 0.15) is 18.4 Å². The summed E-state index contributed by atoms with van der Waals surface area (Å²) in [6.07, 6.45) is -5.47. The molecule has 3 aliphatic rings. The van der Waals surface area contributed by atoms with E-state index in [0.29, 0.717) is 27.3 Å². The lowest BCUT2D eigenvalue weighted by Crippen LogP contribution is -2.50. The molecule has 3 atom stereocenters. The fourth-order valence-electron chi connectivity index (χ4n) is 5.33. The zero-order chi connectivity index (χ0) is 25.1. The van der Waals surface area contributed by atoms with Crippen molar-refractivity contribution in [3.8, 4) is 0 Å². The summed E-state index contributed by atoms with van der Waals surface area (Å²) in [6.45, 7) is -0.879. The number of aryl methyl sites for hydroxylation is 1. The maximum atomic E-state index is 13.8. The van der Waals surface area contributed by atoms with Gasteiger partial charge in [-0.2, -0.15) is 13.2 Å². The van der Waals surface area contributed by atoms with Crippen LogP contribution in [0.5, 0.6) is 0 Å². The normalized spacial score (nSPS) is 26.0. The number of hydrogen-bond acceptors (Lipinski definition) is 4. The van der Waals surface area contributed by atoms with Crippen molar-refractivity contribution in [3.05, 3.63) is 69.4 Å². The minimum absolute atomic E-state index is 0.00608. The summed E-state index contributed by atoms with van der Waals surface area (Å²) in [6, 6.07) is 7.00. The van der Waals surface area contributed by atoms with Crippen LogP contribution in [0.3, 0.4) is 0 Å². The van der Waals surface area contributed by atoms with E-state index in [1.807, 2.05) is 6.07 Å². The Kier molecular flexibility index (Phi) is 5.65. The van der Waals surface area contributed by atoms with Gasteiger partial charge >= 0.3 is 12.3 Å². The molecule has 2 aromatic rings.